The fraction of sp³-hybridized carbons (Fsp3) is 0.217. The molecular weight excluding hydrogens is 505 g/mol. The molecule has 2 aromatic carbocycles. The molecule has 1 aliphatic rings. The molecule has 0 saturated carbocycles. The van der Waals surface area contributed by atoms with Crippen LogP contribution in [0.2, 0.25) is 5.02 Å². The smallest absolute Gasteiger partial charge is 0.257 e. The molecule has 7 nitrogen and oxygen atoms in total. The highest BCUT2D eigenvalue weighted by atomic mass is 35.5. The number of halogens is 4. The molecule has 0 aliphatic carbocycles. The number of primary sulfonamides is 1. The zero-order valence-corrected chi connectivity index (χ0v) is 19.7. The number of hydrogen-bond acceptors (Lipinski definition) is 5. The summed E-state index contributed by atoms with van der Waals surface area (Å²) >= 11 is 6.22. The van der Waals surface area contributed by atoms with E-state index in [1.54, 1.807) is 12.1 Å². The van der Waals surface area contributed by atoms with E-state index in [-0.39, 0.29) is 23.0 Å². The molecule has 1 aliphatic heterocycles. The number of piperidine rings is 1. The van der Waals surface area contributed by atoms with Gasteiger partial charge in [-0.2, -0.15) is 0 Å². The lowest BCUT2D eigenvalue weighted by molar-refractivity contribution is 0.0713. The third kappa shape index (κ3) is 5.26. The maximum absolute atomic E-state index is 14.3. The average molecular weight is 525 g/mol. The summed E-state index contributed by atoms with van der Waals surface area (Å²) in [6, 6.07) is 9.31. The molecule has 0 bridgehead atoms. The fourth-order valence-corrected chi connectivity index (χ4v) is 5.09. The van der Waals surface area contributed by atoms with Crippen LogP contribution >= 0.6 is 11.6 Å². The van der Waals surface area contributed by atoms with Gasteiger partial charge in [0.15, 0.2) is 5.03 Å². The third-order valence-electron chi connectivity index (χ3n) is 5.82. The Morgan fingerprint density at radius 2 is 1.63 bits per heavy atom. The minimum Gasteiger partial charge on any atom is -0.349 e. The number of rotatable bonds is 5. The van der Waals surface area contributed by atoms with E-state index in [1.807, 2.05) is 0 Å². The van der Waals surface area contributed by atoms with Crippen molar-refractivity contribution in [2.45, 2.75) is 23.8 Å². The van der Waals surface area contributed by atoms with E-state index in [1.165, 1.54) is 17.0 Å². The number of aromatic nitrogens is 1. The Kier molecular flexibility index (Phi) is 7.02. The summed E-state index contributed by atoms with van der Waals surface area (Å²) in [7, 11) is -4.40. The van der Waals surface area contributed by atoms with Crippen LogP contribution in [0.25, 0.3) is 0 Å². The number of para-hydroxylation sites is 1. The number of sulfonamides is 1. The van der Waals surface area contributed by atoms with Crippen LogP contribution in [0.1, 0.15) is 34.7 Å². The van der Waals surface area contributed by atoms with E-state index in [9.17, 15) is 26.4 Å². The van der Waals surface area contributed by atoms with Crippen molar-refractivity contribution in [3.63, 3.8) is 0 Å². The number of carbonyl (C=O) groups is 1. The maximum atomic E-state index is 14.3. The van der Waals surface area contributed by atoms with Crippen molar-refractivity contribution in [3.05, 3.63) is 82.3 Å². The molecule has 1 aromatic heterocycles. The summed E-state index contributed by atoms with van der Waals surface area (Å²) in [6.07, 6.45) is 2.15. The van der Waals surface area contributed by atoms with Gasteiger partial charge in [0.25, 0.3) is 15.9 Å². The monoisotopic (exact) mass is 524 g/mol. The number of amides is 1. The van der Waals surface area contributed by atoms with Crippen LogP contribution in [-0.2, 0) is 10.0 Å². The molecule has 1 fully saturated rings. The quantitative estimate of drug-likeness (QED) is 0.509. The van der Waals surface area contributed by atoms with Crippen molar-refractivity contribution >= 4 is 38.9 Å². The molecule has 1 amide bonds. The van der Waals surface area contributed by atoms with E-state index in [4.69, 9.17) is 16.7 Å². The molecule has 0 unspecified atom stereocenters. The van der Waals surface area contributed by atoms with Crippen LogP contribution in [-0.4, -0.2) is 37.3 Å². The summed E-state index contributed by atoms with van der Waals surface area (Å²) in [4.78, 5) is 18.6. The maximum Gasteiger partial charge on any atom is 0.257 e. The van der Waals surface area contributed by atoms with Gasteiger partial charge in [0.2, 0.25) is 0 Å². The van der Waals surface area contributed by atoms with E-state index in [0.717, 1.165) is 30.0 Å². The Morgan fingerprint density at radius 1 is 1.03 bits per heavy atom. The minimum atomic E-state index is -4.40. The molecule has 1 saturated heterocycles. The van der Waals surface area contributed by atoms with Crippen LogP contribution < -0.4 is 10.5 Å². The van der Waals surface area contributed by atoms with E-state index < -0.39 is 43.3 Å². The van der Waals surface area contributed by atoms with Gasteiger partial charge in [0.05, 0.1) is 11.3 Å². The standard InChI is InChI=1S/C23H20ClF3N4O3S/c24-19-20(30-21-17(26)2-1-3-18(21)27)16(12-29-22(19)35(28,33)34)23(32)31-10-8-14(9-11-31)13-4-6-15(25)7-5-13/h1-7,12,14H,8-11H2,(H,29,30)(H2,28,33,34). The number of hydrogen-bond donors (Lipinski definition) is 2. The van der Waals surface area contributed by atoms with E-state index >= 15 is 0 Å². The number of pyridine rings is 1. The number of benzene rings is 2. The lowest BCUT2D eigenvalue weighted by Crippen LogP contribution is -2.38. The largest absolute Gasteiger partial charge is 0.349 e. The number of nitrogens with one attached hydrogen (secondary N) is 1. The second kappa shape index (κ2) is 9.84. The summed E-state index contributed by atoms with van der Waals surface area (Å²) in [5, 5.41) is 6.27. The second-order valence-electron chi connectivity index (χ2n) is 8.05. The van der Waals surface area contributed by atoms with Crippen LogP contribution in [0.15, 0.2) is 53.7 Å². The first-order valence-corrected chi connectivity index (χ1v) is 12.5. The molecule has 2 heterocycles. The number of nitrogens with zero attached hydrogens (tertiary/aromatic N) is 2. The predicted octanol–water partition coefficient (Wildman–Crippen LogP) is 4.56. The normalized spacial score (nSPS) is 14.7. The SMILES string of the molecule is NS(=O)(=O)c1ncc(C(=O)N2CCC(c3ccc(F)cc3)CC2)c(Nc2c(F)cccc2F)c1Cl. The van der Waals surface area contributed by atoms with Crippen molar-refractivity contribution in [1.82, 2.24) is 9.88 Å². The molecule has 0 radical (unpaired) electrons. The van der Waals surface area contributed by atoms with Gasteiger partial charge < -0.3 is 10.2 Å². The van der Waals surface area contributed by atoms with Gasteiger partial charge in [0.1, 0.15) is 28.2 Å². The Morgan fingerprint density at radius 3 is 2.20 bits per heavy atom. The van der Waals surface area contributed by atoms with Gasteiger partial charge in [0, 0.05) is 19.3 Å². The zero-order chi connectivity index (χ0) is 25.3. The minimum absolute atomic E-state index is 0.122. The summed E-state index contributed by atoms with van der Waals surface area (Å²) in [5.74, 6) is -2.73. The molecule has 0 atom stereocenters. The highest BCUT2D eigenvalue weighted by molar-refractivity contribution is 7.89. The van der Waals surface area contributed by atoms with E-state index in [2.05, 4.69) is 10.3 Å². The van der Waals surface area contributed by atoms with Crippen molar-refractivity contribution in [2.24, 2.45) is 5.14 Å². The number of carbonyl (C=O) groups excluding carboxylic acids is 1. The summed E-state index contributed by atoms with van der Waals surface area (Å²) in [6.45, 7) is 0.672. The topological polar surface area (TPSA) is 105 Å². The molecule has 0 spiro atoms. The van der Waals surface area contributed by atoms with Crippen molar-refractivity contribution in [1.29, 1.82) is 0 Å². The number of anilines is 2. The molecular formula is C23H20ClF3N4O3S. The van der Waals surface area contributed by atoms with Gasteiger partial charge in [-0.05, 0) is 48.6 Å². The predicted molar refractivity (Wildman–Crippen MR) is 125 cm³/mol. The van der Waals surface area contributed by atoms with Crippen LogP contribution in [0.4, 0.5) is 24.5 Å². The molecule has 4 rings (SSSR count). The zero-order valence-electron chi connectivity index (χ0n) is 18.1. The van der Waals surface area contributed by atoms with Gasteiger partial charge in [-0.25, -0.2) is 31.7 Å². The summed E-state index contributed by atoms with van der Waals surface area (Å²) < 4.78 is 65.6. The Balaban J connectivity index is 1.65. The Labute approximate surface area is 204 Å². The summed E-state index contributed by atoms with van der Waals surface area (Å²) in [5.41, 5.74) is -0.172. The van der Waals surface area contributed by atoms with Gasteiger partial charge in [-0.15, -0.1) is 0 Å². The first kappa shape index (κ1) is 25.0. The number of likely N-dealkylation sites (tertiary alicyclic amines) is 1. The van der Waals surface area contributed by atoms with Crippen LogP contribution in [0.3, 0.4) is 0 Å². The third-order valence-corrected chi connectivity index (χ3v) is 7.15. The first-order valence-electron chi connectivity index (χ1n) is 10.5. The number of nitrogens with two attached hydrogens (primary N) is 1. The molecule has 12 heteroatoms. The fourth-order valence-electron chi connectivity index (χ4n) is 4.02. The molecule has 35 heavy (non-hydrogen) atoms. The van der Waals surface area contributed by atoms with Gasteiger partial charge in [-0.3, -0.25) is 4.79 Å². The second-order valence-corrected chi connectivity index (χ2v) is 9.91. The lowest BCUT2D eigenvalue weighted by atomic mass is 9.89. The van der Waals surface area contributed by atoms with E-state index in [0.29, 0.717) is 25.9 Å². The highest BCUT2D eigenvalue weighted by Gasteiger charge is 2.30. The first-order chi connectivity index (χ1) is 16.6. The Hall–Kier alpha value is -3.15. The lowest BCUT2D eigenvalue weighted by Gasteiger charge is -2.32. The molecule has 3 aromatic rings. The van der Waals surface area contributed by atoms with Crippen molar-refractivity contribution in [3.8, 4) is 0 Å². The van der Waals surface area contributed by atoms with Gasteiger partial charge in [-0.1, -0.05) is 29.8 Å². The molecule has 184 valence electrons. The molecule has 3 N–H and O–H groups in total. The highest BCUT2D eigenvalue weighted by Crippen LogP contribution is 2.36. The van der Waals surface area contributed by atoms with Crippen molar-refractivity contribution in [2.75, 3.05) is 18.4 Å². The average Bonchev–Trinajstić information content (AvgIpc) is 2.81. The Bertz CT molecular complexity index is 1360. The van der Waals surface area contributed by atoms with Crippen LogP contribution in [0, 0.1) is 17.5 Å². The van der Waals surface area contributed by atoms with Crippen molar-refractivity contribution < 1.29 is 26.4 Å². The van der Waals surface area contributed by atoms with Crippen LogP contribution in [0.5, 0.6) is 0 Å². The van der Waals surface area contributed by atoms with Gasteiger partial charge >= 0.3 is 0 Å².